The summed E-state index contributed by atoms with van der Waals surface area (Å²) in [5.41, 5.74) is 2.61. The highest BCUT2D eigenvalue weighted by Crippen LogP contribution is 2.12. The lowest BCUT2D eigenvalue weighted by molar-refractivity contribution is 0.112. The number of hydrogen-bond donors (Lipinski definition) is 0. The molecular formula is C9H8N2O. The van der Waals surface area contributed by atoms with Crippen LogP contribution in [0.25, 0.3) is 5.52 Å². The molecule has 2 aromatic rings. The van der Waals surface area contributed by atoms with Crippen LogP contribution in [-0.4, -0.2) is 15.9 Å². The lowest BCUT2D eigenvalue weighted by Crippen LogP contribution is -1.88. The number of rotatable bonds is 1. The van der Waals surface area contributed by atoms with Gasteiger partial charge in [-0.15, -0.1) is 0 Å². The standard InChI is InChI=1S/C9H8N2O/c1-7-3-2-4-11-9(7)8(6-12)5-10-11/h2-6H,1H3. The maximum Gasteiger partial charge on any atom is 0.153 e. The average Bonchev–Trinajstić information content (AvgIpc) is 2.49. The molecule has 2 heterocycles. The van der Waals surface area contributed by atoms with Gasteiger partial charge in [0.05, 0.1) is 17.3 Å². The van der Waals surface area contributed by atoms with E-state index >= 15 is 0 Å². The van der Waals surface area contributed by atoms with Gasteiger partial charge in [0.25, 0.3) is 0 Å². The van der Waals surface area contributed by atoms with Crippen molar-refractivity contribution in [3.05, 3.63) is 35.7 Å². The van der Waals surface area contributed by atoms with Crippen molar-refractivity contribution in [2.45, 2.75) is 6.92 Å². The van der Waals surface area contributed by atoms with Gasteiger partial charge in [-0.3, -0.25) is 4.79 Å². The fourth-order valence-electron chi connectivity index (χ4n) is 1.33. The number of aldehydes is 1. The summed E-state index contributed by atoms with van der Waals surface area (Å²) in [6.45, 7) is 1.96. The van der Waals surface area contributed by atoms with E-state index in [0.29, 0.717) is 5.56 Å². The highest BCUT2D eigenvalue weighted by Gasteiger charge is 2.03. The van der Waals surface area contributed by atoms with Crippen molar-refractivity contribution in [3.63, 3.8) is 0 Å². The van der Waals surface area contributed by atoms with Crippen LogP contribution in [0.5, 0.6) is 0 Å². The fraction of sp³-hybridized carbons (Fsp3) is 0.111. The van der Waals surface area contributed by atoms with Gasteiger partial charge in [0.15, 0.2) is 6.29 Å². The molecule has 0 aliphatic carbocycles. The maximum atomic E-state index is 10.6. The third-order valence-corrected chi connectivity index (χ3v) is 1.90. The molecule has 0 radical (unpaired) electrons. The first-order chi connectivity index (χ1) is 5.83. The number of pyridine rings is 1. The summed E-state index contributed by atoms with van der Waals surface area (Å²) in [4.78, 5) is 10.6. The zero-order chi connectivity index (χ0) is 8.55. The smallest absolute Gasteiger partial charge is 0.153 e. The summed E-state index contributed by atoms with van der Waals surface area (Å²) < 4.78 is 1.71. The molecule has 3 heteroatoms. The molecule has 3 nitrogen and oxygen atoms in total. The minimum absolute atomic E-state index is 0.646. The minimum atomic E-state index is 0.646. The van der Waals surface area contributed by atoms with E-state index in [1.165, 1.54) is 0 Å². The second kappa shape index (κ2) is 2.44. The van der Waals surface area contributed by atoms with Crippen molar-refractivity contribution in [3.8, 4) is 0 Å². The Morgan fingerprint density at radius 2 is 2.42 bits per heavy atom. The second-order valence-electron chi connectivity index (χ2n) is 2.70. The zero-order valence-corrected chi connectivity index (χ0v) is 6.69. The third-order valence-electron chi connectivity index (χ3n) is 1.90. The van der Waals surface area contributed by atoms with Crippen molar-refractivity contribution < 1.29 is 4.79 Å². The van der Waals surface area contributed by atoms with Gasteiger partial charge in [-0.1, -0.05) is 6.07 Å². The Bertz CT molecular complexity index is 431. The van der Waals surface area contributed by atoms with Gasteiger partial charge in [-0.05, 0) is 18.6 Å². The summed E-state index contributed by atoms with van der Waals surface area (Å²) in [6.07, 6.45) is 4.24. The van der Waals surface area contributed by atoms with Crippen LogP contribution in [0.4, 0.5) is 0 Å². The number of carbonyl (C=O) groups is 1. The fourth-order valence-corrected chi connectivity index (χ4v) is 1.33. The molecule has 0 aromatic carbocycles. The maximum absolute atomic E-state index is 10.6. The Morgan fingerprint density at radius 3 is 3.17 bits per heavy atom. The van der Waals surface area contributed by atoms with Crippen LogP contribution in [-0.2, 0) is 0 Å². The Morgan fingerprint density at radius 1 is 1.58 bits per heavy atom. The molecule has 0 saturated carbocycles. The molecule has 0 fully saturated rings. The molecule has 0 bridgehead atoms. The molecule has 0 spiro atoms. The molecule has 12 heavy (non-hydrogen) atoms. The SMILES string of the molecule is Cc1cccn2ncc(C=O)c12. The highest BCUT2D eigenvalue weighted by molar-refractivity contribution is 5.86. The van der Waals surface area contributed by atoms with Gasteiger partial charge in [0.1, 0.15) is 0 Å². The van der Waals surface area contributed by atoms with Gasteiger partial charge in [0.2, 0.25) is 0 Å². The Kier molecular flexibility index (Phi) is 1.43. The van der Waals surface area contributed by atoms with Crippen LogP contribution in [0, 0.1) is 6.92 Å². The van der Waals surface area contributed by atoms with Crippen LogP contribution < -0.4 is 0 Å². The number of hydrogen-bond acceptors (Lipinski definition) is 2. The summed E-state index contributed by atoms with van der Waals surface area (Å²) in [5.74, 6) is 0. The van der Waals surface area contributed by atoms with Gasteiger partial charge in [-0.2, -0.15) is 5.10 Å². The summed E-state index contributed by atoms with van der Waals surface area (Å²) >= 11 is 0. The molecule has 2 aromatic heterocycles. The van der Waals surface area contributed by atoms with E-state index in [1.807, 2.05) is 25.3 Å². The predicted molar refractivity (Wildman–Crippen MR) is 45.3 cm³/mol. The molecule has 0 amide bonds. The second-order valence-corrected chi connectivity index (χ2v) is 2.70. The van der Waals surface area contributed by atoms with Gasteiger partial charge in [-0.25, -0.2) is 4.52 Å². The molecule has 0 N–H and O–H groups in total. The Hall–Kier alpha value is -1.64. The van der Waals surface area contributed by atoms with E-state index < -0.39 is 0 Å². The first-order valence-corrected chi connectivity index (χ1v) is 3.71. The summed E-state index contributed by atoms with van der Waals surface area (Å²) in [5, 5.41) is 4.04. The molecule has 0 unspecified atom stereocenters. The lowest BCUT2D eigenvalue weighted by atomic mass is 10.2. The monoisotopic (exact) mass is 160 g/mol. The van der Waals surface area contributed by atoms with Gasteiger partial charge in [0, 0.05) is 6.20 Å². The predicted octanol–water partition coefficient (Wildman–Crippen LogP) is 1.46. The van der Waals surface area contributed by atoms with Crippen LogP contribution in [0.15, 0.2) is 24.5 Å². The van der Waals surface area contributed by atoms with Crippen LogP contribution >= 0.6 is 0 Å². The van der Waals surface area contributed by atoms with E-state index in [-0.39, 0.29) is 0 Å². The third kappa shape index (κ3) is 0.830. The molecule has 0 aliphatic heterocycles. The average molecular weight is 160 g/mol. The number of nitrogens with zero attached hydrogens (tertiary/aromatic N) is 2. The molecule has 0 aliphatic rings. The van der Waals surface area contributed by atoms with Gasteiger partial charge < -0.3 is 0 Å². The summed E-state index contributed by atoms with van der Waals surface area (Å²) in [7, 11) is 0. The molecule has 0 atom stereocenters. The zero-order valence-electron chi connectivity index (χ0n) is 6.69. The number of carbonyl (C=O) groups excluding carboxylic acids is 1. The van der Waals surface area contributed by atoms with E-state index in [1.54, 1.807) is 10.7 Å². The van der Waals surface area contributed by atoms with Crippen molar-refractivity contribution in [2.75, 3.05) is 0 Å². The van der Waals surface area contributed by atoms with Crippen LogP contribution in [0.3, 0.4) is 0 Å². The first kappa shape index (κ1) is 7.03. The normalized spacial score (nSPS) is 10.4. The van der Waals surface area contributed by atoms with Gasteiger partial charge >= 0.3 is 0 Å². The highest BCUT2D eigenvalue weighted by atomic mass is 16.1. The number of aryl methyl sites for hydroxylation is 1. The van der Waals surface area contributed by atoms with E-state index in [9.17, 15) is 4.79 Å². The molecule has 0 saturated heterocycles. The van der Waals surface area contributed by atoms with E-state index in [2.05, 4.69) is 5.10 Å². The quantitative estimate of drug-likeness (QED) is 0.592. The number of aromatic nitrogens is 2. The van der Waals surface area contributed by atoms with E-state index in [4.69, 9.17) is 0 Å². The summed E-state index contributed by atoms with van der Waals surface area (Å²) in [6, 6.07) is 3.87. The van der Waals surface area contributed by atoms with E-state index in [0.717, 1.165) is 17.4 Å². The van der Waals surface area contributed by atoms with Crippen LogP contribution in [0.2, 0.25) is 0 Å². The van der Waals surface area contributed by atoms with Crippen molar-refractivity contribution in [2.24, 2.45) is 0 Å². The van der Waals surface area contributed by atoms with Crippen LogP contribution in [0.1, 0.15) is 15.9 Å². The first-order valence-electron chi connectivity index (χ1n) is 3.71. The molecular weight excluding hydrogens is 152 g/mol. The Balaban J connectivity index is 2.91. The topological polar surface area (TPSA) is 34.4 Å². The van der Waals surface area contributed by atoms with Crippen molar-refractivity contribution in [1.82, 2.24) is 9.61 Å². The number of fused-ring (bicyclic) bond motifs is 1. The molecule has 2 rings (SSSR count). The van der Waals surface area contributed by atoms with Crippen molar-refractivity contribution in [1.29, 1.82) is 0 Å². The molecule has 60 valence electrons. The largest absolute Gasteiger partial charge is 0.298 e. The lowest BCUT2D eigenvalue weighted by Gasteiger charge is -1.96. The minimum Gasteiger partial charge on any atom is -0.298 e. The Labute approximate surface area is 69.6 Å². The van der Waals surface area contributed by atoms with Crippen molar-refractivity contribution >= 4 is 11.8 Å².